The number of carbonyl (C=O) groups excluding carboxylic acids is 2. The van der Waals surface area contributed by atoms with Gasteiger partial charge in [0.25, 0.3) is 11.8 Å². The van der Waals surface area contributed by atoms with E-state index in [1.54, 1.807) is 43.3 Å². The van der Waals surface area contributed by atoms with Crippen molar-refractivity contribution in [2.75, 3.05) is 31.5 Å². The second-order valence-corrected chi connectivity index (χ2v) is 12.3. The number of benzene rings is 2. The van der Waals surface area contributed by atoms with Gasteiger partial charge in [0.2, 0.25) is 0 Å². The number of amides is 2. The molecule has 0 bridgehead atoms. The number of aliphatic carboxylic acids is 1. The molecule has 1 aliphatic rings. The summed E-state index contributed by atoms with van der Waals surface area (Å²) >= 11 is 0. The summed E-state index contributed by atoms with van der Waals surface area (Å²) in [6.45, 7) is 10.8. The summed E-state index contributed by atoms with van der Waals surface area (Å²) in [5.74, 6) is -1.80. The van der Waals surface area contributed by atoms with E-state index in [-0.39, 0.29) is 34.5 Å². The highest BCUT2D eigenvalue weighted by atomic mass is 32.2. The molecule has 222 valence electrons. The number of rotatable bonds is 12. The van der Waals surface area contributed by atoms with E-state index in [2.05, 4.69) is 34.4 Å². The molecule has 0 unspecified atom stereocenters. The van der Waals surface area contributed by atoms with Gasteiger partial charge in [0.15, 0.2) is 9.84 Å². The molecule has 0 aliphatic carbocycles. The number of anilines is 1. The average molecular weight is 593 g/mol. The number of aryl methyl sites for hydroxylation is 1. The van der Waals surface area contributed by atoms with Gasteiger partial charge in [-0.3, -0.25) is 14.4 Å². The van der Waals surface area contributed by atoms with Crippen molar-refractivity contribution in [1.29, 1.82) is 0 Å². The minimum atomic E-state index is -3.77. The van der Waals surface area contributed by atoms with Gasteiger partial charge in [-0.15, -0.1) is 0 Å². The van der Waals surface area contributed by atoms with Crippen LogP contribution in [0.5, 0.6) is 0 Å². The standard InChI is InChI=1S/C31H36N4O6S/c1-5-35(6-2)14-13-32-31(39)29-19(3)27(33-20(29)4)17-25-24-16-23(11-12-26(24)34-30(25)38)42(40,41)18-22-9-7-21(8-10-22)15-28(36)37/h7-12,16-17,33H,5-6,13-15,18H2,1-4H3,(H,32,39)(H,34,38)(H,36,37)/b25-17-. The summed E-state index contributed by atoms with van der Waals surface area (Å²) in [5.41, 5.74) is 4.82. The fraction of sp³-hybridized carbons (Fsp3) is 0.323. The minimum absolute atomic E-state index is 0.0610. The number of aromatic nitrogens is 1. The van der Waals surface area contributed by atoms with Crippen molar-refractivity contribution in [3.63, 3.8) is 0 Å². The Morgan fingerprint density at radius 1 is 1.02 bits per heavy atom. The Labute approximate surface area is 245 Å². The van der Waals surface area contributed by atoms with Crippen LogP contribution in [0.25, 0.3) is 11.6 Å². The Balaban J connectivity index is 1.57. The van der Waals surface area contributed by atoms with E-state index < -0.39 is 15.8 Å². The van der Waals surface area contributed by atoms with E-state index in [9.17, 15) is 22.8 Å². The predicted molar refractivity (Wildman–Crippen MR) is 162 cm³/mol. The van der Waals surface area contributed by atoms with Gasteiger partial charge in [0.05, 0.1) is 28.2 Å². The number of likely N-dealkylation sites (N-methyl/N-ethyl adjacent to an activating group) is 1. The Bertz CT molecular complexity index is 1650. The molecule has 10 nitrogen and oxygen atoms in total. The van der Waals surface area contributed by atoms with Crippen LogP contribution in [0.4, 0.5) is 5.69 Å². The van der Waals surface area contributed by atoms with Crippen LogP contribution in [0.15, 0.2) is 47.4 Å². The second kappa shape index (κ2) is 12.7. The van der Waals surface area contributed by atoms with Crippen LogP contribution in [0, 0.1) is 13.8 Å². The number of H-pyrrole nitrogens is 1. The molecule has 0 atom stereocenters. The molecular formula is C31H36N4O6S. The first-order chi connectivity index (χ1) is 19.9. The Morgan fingerprint density at radius 2 is 1.69 bits per heavy atom. The maximum atomic E-state index is 13.3. The molecule has 42 heavy (non-hydrogen) atoms. The van der Waals surface area contributed by atoms with Gasteiger partial charge in [-0.2, -0.15) is 0 Å². The zero-order chi connectivity index (χ0) is 30.6. The molecule has 1 aliphatic heterocycles. The van der Waals surface area contributed by atoms with Crippen molar-refractivity contribution >= 4 is 45.0 Å². The third-order valence-corrected chi connectivity index (χ3v) is 9.15. The van der Waals surface area contributed by atoms with Gasteiger partial charge < -0.3 is 25.6 Å². The molecule has 0 radical (unpaired) electrons. The van der Waals surface area contributed by atoms with Gasteiger partial charge in [-0.25, -0.2) is 8.42 Å². The van der Waals surface area contributed by atoms with Crippen LogP contribution in [0.1, 0.15) is 57.8 Å². The first-order valence-corrected chi connectivity index (χ1v) is 15.5. The van der Waals surface area contributed by atoms with Crippen LogP contribution in [-0.2, 0) is 31.6 Å². The Morgan fingerprint density at radius 3 is 2.33 bits per heavy atom. The molecule has 2 aromatic carbocycles. The fourth-order valence-electron chi connectivity index (χ4n) is 5.09. The topological polar surface area (TPSA) is 149 Å². The summed E-state index contributed by atoms with van der Waals surface area (Å²) in [7, 11) is -3.77. The van der Waals surface area contributed by atoms with Crippen LogP contribution < -0.4 is 10.6 Å². The average Bonchev–Trinajstić information content (AvgIpc) is 3.40. The lowest BCUT2D eigenvalue weighted by atomic mass is 10.0. The van der Waals surface area contributed by atoms with Gasteiger partial charge in [-0.1, -0.05) is 38.1 Å². The number of aromatic amines is 1. The number of nitrogens with zero attached hydrogens (tertiary/aromatic N) is 1. The number of hydrogen-bond acceptors (Lipinski definition) is 6. The minimum Gasteiger partial charge on any atom is -0.481 e. The van der Waals surface area contributed by atoms with E-state index in [1.807, 2.05) is 6.92 Å². The van der Waals surface area contributed by atoms with E-state index in [4.69, 9.17) is 5.11 Å². The summed E-state index contributed by atoms with van der Waals surface area (Å²) in [5, 5.41) is 14.7. The van der Waals surface area contributed by atoms with E-state index in [0.29, 0.717) is 51.4 Å². The van der Waals surface area contributed by atoms with Crippen LogP contribution in [0.3, 0.4) is 0 Å². The van der Waals surface area contributed by atoms with Gasteiger partial charge >= 0.3 is 5.97 Å². The molecule has 2 amide bonds. The van der Waals surface area contributed by atoms with Crippen LogP contribution in [0.2, 0.25) is 0 Å². The highest BCUT2D eigenvalue weighted by molar-refractivity contribution is 7.90. The molecule has 2 heterocycles. The highest BCUT2D eigenvalue weighted by Crippen LogP contribution is 2.36. The SMILES string of the molecule is CCN(CC)CCNC(=O)c1c(C)[nH]c(/C=C2\C(=O)Nc3ccc(S(=O)(=O)Cc4ccc(CC(=O)O)cc4)cc32)c1C. The predicted octanol–water partition coefficient (Wildman–Crippen LogP) is 3.80. The molecule has 0 fully saturated rings. The number of carbonyl (C=O) groups is 3. The number of fused-ring (bicyclic) bond motifs is 1. The molecule has 0 saturated heterocycles. The summed E-state index contributed by atoms with van der Waals surface area (Å²) < 4.78 is 26.6. The molecule has 11 heteroatoms. The van der Waals surface area contributed by atoms with Gasteiger partial charge in [0.1, 0.15) is 0 Å². The summed E-state index contributed by atoms with van der Waals surface area (Å²) in [6.07, 6.45) is 1.50. The number of hydrogen-bond donors (Lipinski definition) is 4. The van der Waals surface area contributed by atoms with Crippen molar-refractivity contribution in [3.8, 4) is 0 Å². The number of carboxylic acids is 1. The molecular weight excluding hydrogens is 556 g/mol. The zero-order valence-electron chi connectivity index (χ0n) is 24.2. The number of nitrogens with one attached hydrogen (secondary N) is 3. The zero-order valence-corrected chi connectivity index (χ0v) is 25.0. The van der Waals surface area contributed by atoms with Crippen LogP contribution in [-0.4, -0.2) is 67.4 Å². The number of sulfone groups is 1. The van der Waals surface area contributed by atoms with Crippen LogP contribution >= 0.6 is 0 Å². The maximum Gasteiger partial charge on any atom is 0.307 e. The van der Waals surface area contributed by atoms with Crippen molar-refractivity contribution in [2.45, 2.75) is 44.8 Å². The first kappa shape index (κ1) is 30.7. The molecule has 0 saturated carbocycles. The van der Waals surface area contributed by atoms with Crippen molar-refractivity contribution in [2.24, 2.45) is 0 Å². The third-order valence-electron chi connectivity index (χ3n) is 7.47. The van der Waals surface area contributed by atoms with Gasteiger partial charge in [0, 0.05) is 35.7 Å². The van der Waals surface area contributed by atoms with Crippen molar-refractivity contribution < 1.29 is 27.9 Å². The smallest absolute Gasteiger partial charge is 0.307 e. The molecule has 0 spiro atoms. The summed E-state index contributed by atoms with van der Waals surface area (Å²) in [6, 6.07) is 10.9. The monoisotopic (exact) mass is 592 g/mol. The fourth-order valence-corrected chi connectivity index (χ4v) is 6.46. The normalized spacial score (nSPS) is 13.8. The molecule has 1 aromatic heterocycles. The van der Waals surface area contributed by atoms with Crippen molar-refractivity contribution in [3.05, 3.63) is 81.7 Å². The lowest BCUT2D eigenvalue weighted by molar-refractivity contribution is -0.136. The summed E-state index contributed by atoms with van der Waals surface area (Å²) in [4.78, 5) is 42.3. The lowest BCUT2D eigenvalue weighted by Crippen LogP contribution is -2.35. The maximum absolute atomic E-state index is 13.3. The molecule has 4 rings (SSSR count). The first-order valence-electron chi connectivity index (χ1n) is 13.8. The third kappa shape index (κ3) is 6.80. The lowest BCUT2D eigenvalue weighted by Gasteiger charge is -2.18. The molecule has 3 aromatic rings. The van der Waals surface area contributed by atoms with Gasteiger partial charge in [-0.05, 0) is 67.9 Å². The highest BCUT2D eigenvalue weighted by Gasteiger charge is 2.28. The molecule has 4 N–H and O–H groups in total. The van der Waals surface area contributed by atoms with E-state index >= 15 is 0 Å². The Hall–Kier alpha value is -4.22. The Kier molecular flexibility index (Phi) is 9.33. The van der Waals surface area contributed by atoms with E-state index in [0.717, 1.165) is 19.6 Å². The van der Waals surface area contributed by atoms with Crippen molar-refractivity contribution in [1.82, 2.24) is 15.2 Å². The second-order valence-electron chi connectivity index (χ2n) is 10.3. The quantitative estimate of drug-likeness (QED) is 0.234. The van der Waals surface area contributed by atoms with E-state index in [1.165, 1.54) is 12.1 Å². The largest absolute Gasteiger partial charge is 0.481 e. The number of carboxylic acid groups (broad SMARTS) is 1.